The highest BCUT2D eigenvalue weighted by atomic mass is 127. The van der Waals surface area contributed by atoms with Crippen LogP contribution in [0.2, 0.25) is 0 Å². The summed E-state index contributed by atoms with van der Waals surface area (Å²) in [4.78, 5) is 9.24. The number of nitrogens with zero attached hydrogens (tertiary/aromatic N) is 4. The molecule has 0 fully saturated rings. The molecule has 0 atom stereocenters. The summed E-state index contributed by atoms with van der Waals surface area (Å²) in [5.74, 6) is 2.46. The van der Waals surface area contributed by atoms with Gasteiger partial charge in [0.2, 0.25) is 0 Å². The zero-order valence-corrected chi connectivity index (χ0v) is 20.9. The normalized spacial score (nSPS) is 11.0. The Bertz CT molecular complexity index is 984. The summed E-state index contributed by atoms with van der Waals surface area (Å²) in [6.45, 7) is 10.6. The molecule has 0 spiro atoms. The van der Waals surface area contributed by atoms with Crippen molar-refractivity contribution in [2.24, 2.45) is 4.99 Å². The predicted octanol–water partition coefficient (Wildman–Crippen LogP) is 4.16. The van der Waals surface area contributed by atoms with E-state index in [1.54, 1.807) is 0 Å². The largest absolute Gasteiger partial charge is 0.494 e. The van der Waals surface area contributed by atoms with Gasteiger partial charge in [0.1, 0.15) is 5.75 Å². The van der Waals surface area contributed by atoms with Gasteiger partial charge >= 0.3 is 0 Å². The summed E-state index contributed by atoms with van der Waals surface area (Å²) < 4.78 is 7.55. The first kappa shape index (κ1) is 24.6. The third-order valence-corrected chi connectivity index (χ3v) is 4.52. The number of pyridine rings is 1. The van der Waals surface area contributed by atoms with Crippen molar-refractivity contribution in [1.29, 1.82) is 0 Å². The second-order valence-electron chi connectivity index (χ2n) is 6.95. The molecule has 0 saturated carbocycles. The van der Waals surface area contributed by atoms with Crippen LogP contribution in [0.25, 0.3) is 5.82 Å². The lowest BCUT2D eigenvalue weighted by molar-refractivity contribution is 0.336. The van der Waals surface area contributed by atoms with E-state index < -0.39 is 0 Å². The number of aryl methyl sites for hydroxylation is 2. The minimum Gasteiger partial charge on any atom is -0.494 e. The first-order chi connectivity index (χ1) is 14.6. The fourth-order valence-corrected chi connectivity index (χ4v) is 3.13. The second kappa shape index (κ2) is 12.3. The Labute approximate surface area is 201 Å². The Hall–Kier alpha value is -2.62. The van der Waals surface area contributed by atoms with E-state index in [0.29, 0.717) is 19.7 Å². The number of ether oxygens (including phenoxy) is 1. The van der Waals surface area contributed by atoms with E-state index in [4.69, 9.17) is 4.74 Å². The third-order valence-electron chi connectivity index (χ3n) is 4.52. The van der Waals surface area contributed by atoms with E-state index in [0.717, 1.165) is 46.6 Å². The second-order valence-corrected chi connectivity index (χ2v) is 6.95. The Morgan fingerprint density at radius 1 is 1.10 bits per heavy atom. The number of benzene rings is 1. The Kier molecular flexibility index (Phi) is 9.77. The van der Waals surface area contributed by atoms with Crippen LogP contribution in [0.15, 0.2) is 53.7 Å². The van der Waals surface area contributed by atoms with Gasteiger partial charge in [0, 0.05) is 30.5 Å². The van der Waals surface area contributed by atoms with Crippen molar-refractivity contribution in [3.63, 3.8) is 0 Å². The van der Waals surface area contributed by atoms with Gasteiger partial charge in [0.05, 0.1) is 18.8 Å². The van der Waals surface area contributed by atoms with Crippen LogP contribution in [-0.2, 0) is 13.1 Å². The lowest BCUT2D eigenvalue weighted by Gasteiger charge is -2.14. The van der Waals surface area contributed by atoms with Crippen molar-refractivity contribution >= 4 is 29.9 Å². The molecule has 0 unspecified atom stereocenters. The van der Waals surface area contributed by atoms with Crippen molar-refractivity contribution in [2.45, 2.75) is 40.8 Å². The van der Waals surface area contributed by atoms with Crippen LogP contribution in [0, 0.1) is 13.8 Å². The van der Waals surface area contributed by atoms with Crippen molar-refractivity contribution in [3.8, 4) is 11.6 Å². The third kappa shape index (κ3) is 6.95. The van der Waals surface area contributed by atoms with Gasteiger partial charge in [-0.1, -0.05) is 24.3 Å². The van der Waals surface area contributed by atoms with Gasteiger partial charge in [-0.3, -0.25) is 0 Å². The maximum Gasteiger partial charge on any atom is 0.191 e. The molecule has 0 bridgehead atoms. The Balaban J connectivity index is 0.00000341. The van der Waals surface area contributed by atoms with Crippen LogP contribution in [0.4, 0.5) is 0 Å². The summed E-state index contributed by atoms with van der Waals surface area (Å²) in [5, 5.41) is 11.1. The zero-order chi connectivity index (χ0) is 21.3. The lowest BCUT2D eigenvalue weighted by atomic mass is 10.2. The molecule has 7 nitrogen and oxygen atoms in total. The van der Waals surface area contributed by atoms with Gasteiger partial charge in [-0.25, -0.2) is 14.7 Å². The molecule has 3 aromatic rings. The average Bonchev–Trinajstić information content (AvgIpc) is 3.09. The molecule has 2 N–H and O–H groups in total. The average molecular weight is 534 g/mol. The number of aliphatic imine (C=N–C) groups is 1. The number of rotatable bonds is 8. The highest BCUT2D eigenvalue weighted by Gasteiger charge is 2.06. The van der Waals surface area contributed by atoms with E-state index in [1.807, 2.05) is 68.0 Å². The van der Waals surface area contributed by atoms with E-state index in [9.17, 15) is 0 Å². The minimum atomic E-state index is 0. The van der Waals surface area contributed by atoms with Gasteiger partial charge in [-0.05, 0) is 51.5 Å². The van der Waals surface area contributed by atoms with Crippen LogP contribution >= 0.6 is 24.0 Å². The molecule has 31 heavy (non-hydrogen) atoms. The van der Waals surface area contributed by atoms with Gasteiger partial charge in [-0.15, -0.1) is 24.0 Å². The Morgan fingerprint density at radius 2 is 1.90 bits per heavy atom. The molecule has 2 heterocycles. The van der Waals surface area contributed by atoms with E-state index in [1.165, 1.54) is 0 Å². The maximum atomic E-state index is 5.70. The van der Waals surface area contributed by atoms with Gasteiger partial charge in [0.25, 0.3) is 0 Å². The highest BCUT2D eigenvalue weighted by Crippen LogP contribution is 2.17. The van der Waals surface area contributed by atoms with Gasteiger partial charge in [0.15, 0.2) is 11.8 Å². The fourth-order valence-electron chi connectivity index (χ4n) is 3.13. The smallest absolute Gasteiger partial charge is 0.191 e. The lowest BCUT2D eigenvalue weighted by Crippen LogP contribution is -2.36. The summed E-state index contributed by atoms with van der Waals surface area (Å²) in [6, 6.07) is 14.1. The van der Waals surface area contributed by atoms with Crippen LogP contribution in [0.3, 0.4) is 0 Å². The topological polar surface area (TPSA) is 76.4 Å². The number of nitrogens with one attached hydrogen (secondary N) is 2. The fraction of sp³-hybridized carbons (Fsp3) is 0.348. The molecule has 2 aromatic heterocycles. The molecule has 0 aliphatic carbocycles. The molecular formula is C23H31IN6O. The van der Waals surface area contributed by atoms with E-state index in [2.05, 4.69) is 38.7 Å². The number of para-hydroxylation sites is 1. The van der Waals surface area contributed by atoms with E-state index >= 15 is 0 Å². The SMILES string of the molecule is CCNC(=NCc1ccc(-n2nc(C)cc2C)nc1)NCc1ccccc1OCC.I. The molecule has 0 aliphatic heterocycles. The summed E-state index contributed by atoms with van der Waals surface area (Å²) in [6.07, 6.45) is 1.85. The van der Waals surface area contributed by atoms with Gasteiger partial charge < -0.3 is 15.4 Å². The van der Waals surface area contributed by atoms with Crippen molar-refractivity contribution in [3.05, 3.63) is 71.2 Å². The first-order valence-electron chi connectivity index (χ1n) is 10.3. The van der Waals surface area contributed by atoms with Crippen molar-refractivity contribution in [1.82, 2.24) is 25.4 Å². The number of hydrogen-bond acceptors (Lipinski definition) is 4. The van der Waals surface area contributed by atoms with Crippen LogP contribution in [-0.4, -0.2) is 33.9 Å². The summed E-state index contributed by atoms with van der Waals surface area (Å²) in [5.41, 5.74) is 4.18. The molecule has 3 rings (SSSR count). The summed E-state index contributed by atoms with van der Waals surface area (Å²) in [7, 11) is 0. The van der Waals surface area contributed by atoms with E-state index in [-0.39, 0.29) is 24.0 Å². The Morgan fingerprint density at radius 3 is 2.55 bits per heavy atom. The zero-order valence-electron chi connectivity index (χ0n) is 18.6. The molecule has 166 valence electrons. The highest BCUT2D eigenvalue weighted by molar-refractivity contribution is 14.0. The van der Waals surface area contributed by atoms with Crippen molar-refractivity contribution in [2.75, 3.05) is 13.2 Å². The predicted molar refractivity (Wildman–Crippen MR) is 136 cm³/mol. The quantitative estimate of drug-likeness (QED) is 0.258. The molecule has 0 aliphatic rings. The molecule has 0 amide bonds. The molecule has 8 heteroatoms. The number of halogens is 1. The standard InChI is InChI=1S/C23H30N6O.HI/c1-5-24-23(27-16-20-9-7-8-10-21(20)30-6-2)26-15-19-11-12-22(25-14-19)29-18(4)13-17(3)28-29;/h7-14H,5-6,15-16H2,1-4H3,(H2,24,26,27);1H. The molecule has 0 saturated heterocycles. The van der Waals surface area contributed by atoms with Crippen LogP contribution in [0.5, 0.6) is 5.75 Å². The monoisotopic (exact) mass is 534 g/mol. The van der Waals surface area contributed by atoms with Crippen molar-refractivity contribution < 1.29 is 4.74 Å². The minimum absolute atomic E-state index is 0. The molecule has 0 radical (unpaired) electrons. The van der Waals surface area contributed by atoms with Crippen LogP contribution < -0.4 is 15.4 Å². The molecular weight excluding hydrogens is 503 g/mol. The van der Waals surface area contributed by atoms with Crippen LogP contribution in [0.1, 0.15) is 36.4 Å². The number of guanidine groups is 1. The number of aromatic nitrogens is 3. The van der Waals surface area contributed by atoms with Gasteiger partial charge in [-0.2, -0.15) is 5.10 Å². The maximum absolute atomic E-state index is 5.70. The first-order valence-corrected chi connectivity index (χ1v) is 10.3. The summed E-state index contributed by atoms with van der Waals surface area (Å²) >= 11 is 0. The molecule has 1 aromatic carbocycles. The number of hydrogen-bond donors (Lipinski definition) is 2.